The molecule has 1 aromatic rings. The molecule has 0 spiro atoms. The molecule has 0 aliphatic heterocycles. The van der Waals surface area contributed by atoms with Crippen LogP contribution in [0.5, 0.6) is 0 Å². The Morgan fingerprint density at radius 3 is 2.63 bits per heavy atom. The van der Waals surface area contributed by atoms with E-state index in [2.05, 4.69) is 22.7 Å². The van der Waals surface area contributed by atoms with Gasteiger partial charge in [-0.3, -0.25) is 9.48 Å². The molecular formula is C14H26N4O. The summed E-state index contributed by atoms with van der Waals surface area (Å²) in [4.78, 5) is 11.7. The number of carbonyl (C=O) groups excluding carboxylic acids is 1. The lowest BCUT2D eigenvalue weighted by atomic mass is 10.1. The average Bonchev–Trinajstić information content (AvgIpc) is 2.56. The Labute approximate surface area is 115 Å². The van der Waals surface area contributed by atoms with Gasteiger partial charge >= 0.3 is 0 Å². The average molecular weight is 266 g/mol. The summed E-state index contributed by atoms with van der Waals surface area (Å²) in [6.45, 7) is 7.01. The fraction of sp³-hybridized carbons (Fsp3) is 0.714. The molecule has 0 aromatic carbocycles. The van der Waals surface area contributed by atoms with Crippen LogP contribution >= 0.6 is 0 Å². The standard InChI is InChI=1S/C14H26N4O/c1-10(16-14(19)7-6-8-15-4)9-13-11(2)17-18(5)12(13)3/h10,15H,6-9H2,1-5H3,(H,16,19). The number of nitrogens with one attached hydrogen (secondary N) is 2. The normalized spacial score (nSPS) is 12.5. The minimum atomic E-state index is 0.127. The number of hydrogen-bond donors (Lipinski definition) is 2. The van der Waals surface area contributed by atoms with Crippen LogP contribution in [0.2, 0.25) is 0 Å². The van der Waals surface area contributed by atoms with E-state index in [0.29, 0.717) is 6.42 Å². The third kappa shape index (κ3) is 4.67. The van der Waals surface area contributed by atoms with Crippen LogP contribution in [-0.4, -0.2) is 35.3 Å². The zero-order valence-corrected chi connectivity index (χ0v) is 12.7. The first kappa shape index (κ1) is 15.7. The molecule has 0 saturated heterocycles. The Balaban J connectivity index is 2.46. The lowest BCUT2D eigenvalue weighted by Crippen LogP contribution is -2.34. The molecule has 1 amide bonds. The molecule has 19 heavy (non-hydrogen) atoms. The van der Waals surface area contributed by atoms with Crippen molar-refractivity contribution in [3.8, 4) is 0 Å². The molecule has 1 rings (SSSR count). The minimum Gasteiger partial charge on any atom is -0.353 e. The van der Waals surface area contributed by atoms with Crippen LogP contribution in [0.1, 0.15) is 36.7 Å². The smallest absolute Gasteiger partial charge is 0.220 e. The van der Waals surface area contributed by atoms with E-state index in [0.717, 1.165) is 25.1 Å². The van der Waals surface area contributed by atoms with Gasteiger partial charge in [-0.25, -0.2) is 0 Å². The highest BCUT2D eigenvalue weighted by Crippen LogP contribution is 2.14. The summed E-state index contributed by atoms with van der Waals surface area (Å²) in [5.41, 5.74) is 3.47. The lowest BCUT2D eigenvalue weighted by Gasteiger charge is -2.14. The molecule has 1 aromatic heterocycles. The maximum Gasteiger partial charge on any atom is 0.220 e. The van der Waals surface area contributed by atoms with Crippen LogP contribution in [0.25, 0.3) is 0 Å². The largest absolute Gasteiger partial charge is 0.353 e. The van der Waals surface area contributed by atoms with Gasteiger partial charge in [0.05, 0.1) is 5.69 Å². The molecule has 1 unspecified atom stereocenters. The summed E-state index contributed by atoms with van der Waals surface area (Å²) in [6.07, 6.45) is 2.29. The van der Waals surface area contributed by atoms with Gasteiger partial charge < -0.3 is 10.6 Å². The molecule has 0 bridgehead atoms. The van der Waals surface area contributed by atoms with E-state index >= 15 is 0 Å². The summed E-state index contributed by atoms with van der Waals surface area (Å²) < 4.78 is 1.89. The predicted molar refractivity (Wildman–Crippen MR) is 77.2 cm³/mol. The summed E-state index contributed by atoms with van der Waals surface area (Å²) in [5.74, 6) is 0.127. The molecule has 2 N–H and O–H groups in total. The van der Waals surface area contributed by atoms with Crippen LogP contribution in [0.4, 0.5) is 0 Å². The number of aryl methyl sites for hydroxylation is 2. The van der Waals surface area contributed by atoms with Crippen molar-refractivity contribution in [1.82, 2.24) is 20.4 Å². The third-order valence-electron chi connectivity index (χ3n) is 3.41. The quantitative estimate of drug-likeness (QED) is 0.726. The Morgan fingerprint density at radius 1 is 1.42 bits per heavy atom. The summed E-state index contributed by atoms with van der Waals surface area (Å²) in [5, 5.41) is 10.5. The Bertz CT molecular complexity index is 425. The van der Waals surface area contributed by atoms with E-state index in [1.807, 2.05) is 32.6 Å². The molecule has 0 radical (unpaired) electrons. The Kier molecular flexibility index (Phi) is 6.02. The van der Waals surface area contributed by atoms with Gasteiger partial charge in [0.1, 0.15) is 0 Å². The maximum atomic E-state index is 11.7. The number of aromatic nitrogens is 2. The van der Waals surface area contributed by atoms with Gasteiger partial charge in [0, 0.05) is 25.2 Å². The monoisotopic (exact) mass is 266 g/mol. The number of amides is 1. The van der Waals surface area contributed by atoms with Gasteiger partial charge in [-0.15, -0.1) is 0 Å². The van der Waals surface area contributed by atoms with Crippen molar-refractivity contribution in [1.29, 1.82) is 0 Å². The van der Waals surface area contributed by atoms with Gasteiger partial charge in [-0.2, -0.15) is 5.10 Å². The van der Waals surface area contributed by atoms with Gasteiger partial charge in [0.15, 0.2) is 0 Å². The molecule has 0 aliphatic carbocycles. The minimum absolute atomic E-state index is 0.127. The van der Waals surface area contributed by atoms with Crippen molar-refractivity contribution in [3.63, 3.8) is 0 Å². The molecule has 5 nitrogen and oxygen atoms in total. The fourth-order valence-corrected chi connectivity index (χ4v) is 2.24. The van der Waals surface area contributed by atoms with Gasteiger partial charge in [0.2, 0.25) is 5.91 Å². The van der Waals surface area contributed by atoms with E-state index in [4.69, 9.17) is 0 Å². The van der Waals surface area contributed by atoms with Crippen molar-refractivity contribution in [2.75, 3.05) is 13.6 Å². The molecule has 5 heteroatoms. The highest BCUT2D eigenvalue weighted by molar-refractivity contribution is 5.76. The van der Waals surface area contributed by atoms with Crippen molar-refractivity contribution in [2.24, 2.45) is 7.05 Å². The van der Waals surface area contributed by atoms with E-state index in [1.54, 1.807) is 0 Å². The fourth-order valence-electron chi connectivity index (χ4n) is 2.24. The van der Waals surface area contributed by atoms with Gasteiger partial charge in [0.25, 0.3) is 0 Å². The second kappa shape index (κ2) is 7.28. The molecule has 0 saturated carbocycles. The SMILES string of the molecule is CNCCCC(=O)NC(C)Cc1c(C)nn(C)c1C. The number of hydrogen-bond acceptors (Lipinski definition) is 3. The van der Waals surface area contributed by atoms with Crippen molar-refractivity contribution >= 4 is 5.91 Å². The molecule has 0 fully saturated rings. The van der Waals surface area contributed by atoms with Gasteiger partial charge in [-0.1, -0.05) is 0 Å². The zero-order valence-electron chi connectivity index (χ0n) is 12.7. The number of nitrogens with zero attached hydrogens (tertiary/aromatic N) is 2. The zero-order chi connectivity index (χ0) is 14.4. The summed E-state index contributed by atoms with van der Waals surface area (Å²) >= 11 is 0. The topological polar surface area (TPSA) is 59.0 Å². The van der Waals surface area contributed by atoms with Gasteiger partial charge in [-0.05, 0) is 52.8 Å². The van der Waals surface area contributed by atoms with E-state index in [9.17, 15) is 4.79 Å². The Hall–Kier alpha value is -1.36. The third-order valence-corrected chi connectivity index (χ3v) is 3.41. The van der Waals surface area contributed by atoms with Crippen LogP contribution in [0.3, 0.4) is 0 Å². The first-order chi connectivity index (χ1) is 8.95. The first-order valence-electron chi connectivity index (χ1n) is 6.88. The number of rotatable bonds is 7. The van der Waals surface area contributed by atoms with Crippen LogP contribution in [-0.2, 0) is 18.3 Å². The molecule has 1 heterocycles. The second-order valence-electron chi connectivity index (χ2n) is 5.15. The van der Waals surface area contributed by atoms with Crippen LogP contribution < -0.4 is 10.6 Å². The first-order valence-corrected chi connectivity index (χ1v) is 6.88. The van der Waals surface area contributed by atoms with E-state index in [-0.39, 0.29) is 11.9 Å². The highest BCUT2D eigenvalue weighted by atomic mass is 16.1. The molecule has 1 atom stereocenters. The number of carbonyl (C=O) groups is 1. The van der Waals surface area contributed by atoms with Crippen molar-refractivity contribution in [3.05, 3.63) is 17.0 Å². The Morgan fingerprint density at radius 2 is 2.11 bits per heavy atom. The summed E-state index contributed by atoms with van der Waals surface area (Å²) in [7, 11) is 3.85. The highest BCUT2D eigenvalue weighted by Gasteiger charge is 2.14. The lowest BCUT2D eigenvalue weighted by molar-refractivity contribution is -0.121. The van der Waals surface area contributed by atoms with Crippen molar-refractivity contribution < 1.29 is 4.79 Å². The molecular weight excluding hydrogens is 240 g/mol. The second-order valence-corrected chi connectivity index (χ2v) is 5.15. The predicted octanol–water partition coefficient (Wildman–Crippen LogP) is 1.08. The van der Waals surface area contributed by atoms with Crippen LogP contribution in [0.15, 0.2) is 0 Å². The van der Waals surface area contributed by atoms with Crippen molar-refractivity contribution in [2.45, 2.75) is 46.1 Å². The van der Waals surface area contributed by atoms with E-state index < -0.39 is 0 Å². The molecule has 0 aliphatic rings. The van der Waals surface area contributed by atoms with E-state index in [1.165, 1.54) is 11.3 Å². The van der Waals surface area contributed by atoms with Crippen LogP contribution in [0, 0.1) is 13.8 Å². The summed E-state index contributed by atoms with van der Waals surface area (Å²) in [6, 6.07) is 0.142. The maximum absolute atomic E-state index is 11.7. The molecule has 108 valence electrons.